The van der Waals surface area contributed by atoms with Crippen LogP contribution < -0.4 is 0 Å². The fourth-order valence-corrected chi connectivity index (χ4v) is 6.55. The molecule has 0 aromatic heterocycles. The van der Waals surface area contributed by atoms with Gasteiger partial charge in [-0.15, -0.1) is 0 Å². The van der Waals surface area contributed by atoms with Crippen LogP contribution in [-0.4, -0.2) is 48.6 Å². The largest absolute Gasteiger partial charge is 0.621 e. The van der Waals surface area contributed by atoms with E-state index in [4.69, 9.17) is 4.12 Å². The van der Waals surface area contributed by atoms with E-state index in [0.29, 0.717) is 0 Å². The van der Waals surface area contributed by atoms with Gasteiger partial charge in [-0.25, -0.2) is 0 Å². The molecule has 0 saturated carbocycles. The summed E-state index contributed by atoms with van der Waals surface area (Å²) in [7, 11) is -7.58. The number of hydrogen-bond donors (Lipinski definition) is 0. The molecule has 0 rings (SSSR count). The lowest BCUT2D eigenvalue weighted by Crippen LogP contribution is -2.46. The van der Waals surface area contributed by atoms with E-state index in [9.17, 15) is 0 Å². The maximum atomic E-state index is 5.57. The van der Waals surface area contributed by atoms with Gasteiger partial charge in [0.1, 0.15) is 0 Å². The predicted octanol–water partition coefficient (Wildman–Crippen LogP) is 2.49. The molecule has 104 valence electrons. The fourth-order valence-electron chi connectivity index (χ4n) is 0.827. The third-order valence-corrected chi connectivity index (χ3v) is 7.55. The topological polar surface area (TPSA) is 83.4 Å². The average Bonchev–Trinajstić information content (AvgIpc) is 2.40. The highest BCUT2D eigenvalue weighted by Crippen LogP contribution is 2.20. The maximum absolute atomic E-state index is 5.57. The fraction of sp³-hybridized carbons (Fsp3) is 0. The Morgan fingerprint density at radius 3 is 0.810 bits per heavy atom. The predicted molar refractivity (Wildman–Crippen MR) is 103 cm³/mol. The molecular formula is C6N6OS6Si2. The van der Waals surface area contributed by atoms with Crippen LogP contribution in [0.3, 0.4) is 0 Å². The summed E-state index contributed by atoms with van der Waals surface area (Å²) in [6.45, 7) is 0. The lowest BCUT2D eigenvalue weighted by molar-refractivity contribution is 0.524. The molecule has 0 N–H and O–H groups in total. The minimum atomic E-state index is -3.79. The molecule has 15 heteroatoms. The number of thiocarbonyl (C=S) groups is 6. The van der Waals surface area contributed by atoms with E-state index in [1.807, 2.05) is 0 Å². The Bertz CT molecular complexity index is 552. The molecule has 0 atom stereocenters. The van der Waals surface area contributed by atoms with Crippen molar-refractivity contribution in [3.05, 3.63) is 0 Å². The second-order valence-electron chi connectivity index (χ2n) is 2.47. The van der Waals surface area contributed by atoms with E-state index < -0.39 is 17.6 Å². The molecule has 0 saturated heterocycles. The van der Waals surface area contributed by atoms with Gasteiger partial charge in [-0.1, -0.05) is 0 Å². The first-order chi connectivity index (χ1) is 10.1. The van der Waals surface area contributed by atoms with E-state index >= 15 is 0 Å². The number of isothiocyanates is 6. The first kappa shape index (κ1) is 20.2. The molecule has 0 aliphatic carbocycles. The Morgan fingerprint density at radius 1 is 0.476 bits per heavy atom. The van der Waals surface area contributed by atoms with Gasteiger partial charge >= 0.3 is 17.6 Å². The summed E-state index contributed by atoms with van der Waals surface area (Å²) in [6, 6.07) is 0. The summed E-state index contributed by atoms with van der Waals surface area (Å²) in [5, 5.41) is 12.4. The van der Waals surface area contributed by atoms with Crippen LogP contribution in [0, 0.1) is 0 Å². The zero-order valence-electron chi connectivity index (χ0n) is 9.54. The Hall–Kier alpha value is -0.806. The van der Waals surface area contributed by atoms with Gasteiger partial charge in [0.05, 0.1) is 31.0 Å². The second-order valence-corrected chi connectivity index (χ2v) is 8.02. The Morgan fingerprint density at radius 2 is 0.667 bits per heavy atom. The highest BCUT2D eigenvalue weighted by molar-refractivity contribution is 7.79. The van der Waals surface area contributed by atoms with E-state index in [2.05, 4.69) is 132 Å². The summed E-state index contributed by atoms with van der Waals surface area (Å²) in [5.41, 5.74) is 0. The molecule has 0 aliphatic rings. The summed E-state index contributed by atoms with van der Waals surface area (Å²) < 4.78 is 27.9. The summed E-state index contributed by atoms with van der Waals surface area (Å²) in [4.78, 5) is 0. The second kappa shape index (κ2) is 10.9. The smallest absolute Gasteiger partial charge is 0.349 e. The zero-order valence-corrected chi connectivity index (χ0v) is 16.4. The third kappa shape index (κ3) is 6.66. The molecule has 0 unspecified atom stereocenters. The van der Waals surface area contributed by atoms with Crippen molar-refractivity contribution < 1.29 is 4.12 Å². The molecule has 0 aromatic rings. The number of hydrogen-bond acceptors (Lipinski definition) is 13. The van der Waals surface area contributed by atoms with Crippen LogP contribution in [0.15, 0.2) is 27.9 Å². The van der Waals surface area contributed by atoms with Gasteiger partial charge in [-0.2, -0.15) is 27.9 Å². The van der Waals surface area contributed by atoms with Crippen molar-refractivity contribution in [2.45, 2.75) is 0 Å². The van der Waals surface area contributed by atoms with Crippen LogP contribution in [0.4, 0.5) is 0 Å². The number of nitrogens with zero attached hydrogens (tertiary/aromatic N) is 6. The van der Waals surface area contributed by atoms with Gasteiger partial charge in [0.2, 0.25) is 0 Å². The van der Waals surface area contributed by atoms with Crippen molar-refractivity contribution in [1.29, 1.82) is 0 Å². The average molecular weight is 421 g/mol. The number of rotatable bonds is 8. The summed E-state index contributed by atoms with van der Waals surface area (Å²) in [6.07, 6.45) is 0. The third-order valence-electron chi connectivity index (χ3n) is 1.42. The van der Waals surface area contributed by atoms with Crippen LogP contribution in [0.2, 0.25) is 0 Å². The van der Waals surface area contributed by atoms with Crippen LogP contribution in [0.1, 0.15) is 0 Å². The normalized spacial score (nSPS) is 13.7. The molecule has 0 spiro atoms. The molecular weight excluding hydrogens is 421 g/mol. The lowest BCUT2D eigenvalue weighted by atomic mass is 11.7. The van der Waals surface area contributed by atoms with Crippen LogP contribution in [0.5, 0.6) is 0 Å². The van der Waals surface area contributed by atoms with E-state index in [0.717, 1.165) is 0 Å². The van der Waals surface area contributed by atoms with Gasteiger partial charge < -0.3 is 4.12 Å². The van der Waals surface area contributed by atoms with Crippen molar-refractivity contribution in [2.24, 2.45) is 27.9 Å². The van der Waals surface area contributed by atoms with Crippen molar-refractivity contribution in [3.8, 4) is 0 Å². The SMILES string of the molecule is S=C=N[Si](N=C=S)(N=C=S)O[Si](N=C=S)(N=C=S)N=C=S. The maximum Gasteiger partial charge on any atom is 0.621 e. The van der Waals surface area contributed by atoms with E-state index in [-0.39, 0.29) is 0 Å². The monoisotopic (exact) mass is 420 g/mol. The van der Waals surface area contributed by atoms with Gasteiger partial charge in [0, 0.05) is 0 Å². The van der Waals surface area contributed by atoms with Crippen LogP contribution in [-0.2, 0) is 4.12 Å². The summed E-state index contributed by atoms with van der Waals surface area (Å²) in [5.74, 6) is 0. The first-order valence-electron chi connectivity index (χ1n) is 4.32. The molecule has 0 aliphatic heterocycles. The van der Waals surface area contributed by atoms with Crippen LogP contribution in [0.25, 0.3) is 0 Å². The Balaban J connectivity index is 6.39. The van der Waals surface area contributed by atoms with E-state index in [1.54, 1.807) is 0 Å². The Labute approximate surface area is 153 Å². The minimum absolute atomic E-state index is 2.07. The van der Waals surface area contributed by atoms with Crippen molar-refractivity contribution >= 4 is 122 Å². The Kier molecular flexibility index (Phi) is 10.4. The lowest BCUT2D eigenvalue weighted by Gasteiger charge is -2.19. The van der Waals surface area contributed by atoms with Crippen molar-refractivity contribution in [3.63, 3.8) is 0 Å². The highest BCUT2D eigenvalue weighted by Gasteiger charge is 2.53. The van der Waals surface area contributed by atoms with Crippen molar-refractivity contribution in [1.82, 2.24) is 0 Å². The molecule has 0 fully saturated rings. The summed E-state index contributed by atoms with van der Waals surface area (Å²) >= 11 is 27.1. The highest BCUT2D eigenvalue weighted by atomic mass is 32.1. The molecule has 0 aromatic carbocycles. The molecule has 0 bridgehead atoms. The molecule has 0 heterocycles. The quantitative estimate of drug-likeness (QED) is 0.339. The van der Waals surface area contributed by atoms with Crippen molar-refractivity contribution in [2.75, 3.05) is 0 Å². The van der Waals surface area contributed by atoms with Gasteiger partial charge in [0.25, 0.3) is 0 Å². The van der Waals surface area contributed by atoms with Gasteiger partial charge in [-0.05, 0) is 73.3 Å². The molecule has 21 heavy (non-hydrogen) atoms. The minimum Gasteiger partial charge on any atom is -0.349 e. The molecule has 0 amide bonds. The van der Waals surface area contributed by atoms with Gasteiger partial charge in [-0.3, -0.25) is 0 Å². The molecule has 7 nitrogen and oxygen atoms in total. The standard InChI is InChI=1S/C6N6OS6Si2/c14-1-7-20(8-2-15,9-3-16)13-21(10-4-17,11-5-18)12-6-19. The molecule has 0 radical (unpaired) electrons. The van der Waals surface area contributed by atoms with Crippen LogP contribution >= 0.6 is 73.3 Å². The zero-order chi connectivity index (χ0) is 16.2. The first-order valence-corrected chi connectivity index (χ1v) is 10.3. The van der Waals surface area contributed by atoms with E-state index in [1.165, 1.54) is 0 Å². The van der Waals surface area contributed by atoms with Gasteiger partial charge in [0.15, 0.2) is 0 Å².